The first-order valence-corrected chi connectivity index (χ1v) is 4.92. The van der Waals surface area contributed by atoms with Crippen LogP contribution in [0.25, 0.3) is 0 Å². The molecule has 0 saturated carbocycles. The van der Waals surface area contributed by atoms with Gasteiger partial charge in [0.2, 0.25) is 0 Å². The third kappa shape index (κ3) is 1.73. The quantitative estimate of drug-likeness (QED) is 0.566. The summed E-state index contributed by atoms with van der Waals surface area (Å²) in [5, 5.41) is 2.92. The van der Waals surface area contributed by atoms with Crippen LogP contribution in [0.3, 0.4) is 0 Å². The number of rotatable bonds is 1. The summed E-state index contributed by atoms with van der Waals surface area (Å²) in [4.78, 5) is 15.2. The van der Waals surface area contributed by atoms with Crippen molar-refractivity contribution in [2.45, 2.75) is 6.04 Å². The fourth-order valence-corrected chi connectivity index (χ4v) is 1.90. The van der Waals surface area contributed by atoms with E-state index in [0.717, 1.165) is 26.2 Å². The van der Waals surface area contributed by atoms with E-state index in [9.17, 15) is 4.79 Å². The van der Waals surface area contributed by atoms with Crippen molar-refractivity contribution in [1.29, 1.82) is 0 Å². The molecule has 0 amide bonds. The highest BCUT2D eigenvalue weighted by Crippen LogP contribution is 2.14. The summed E-state index contributed by atoms with van der Waals surface area (Å²) in [5.41, 5.74) is 0.648. The van der Waals surface area contributed by atoms with E-state index >= 15 is 0 Å². The molecule has 1 N–H and O–H groups in total. The van der Waals surface area contributed by atoms with Gasteiger partial charge in [-0.25, -0.2) is 4.79 Å². The zero-order valence-electron chi connectivity index (χ0n) is 8.36. The molecule has 0 aliphatic carbocycles. The topological polar surface area (TPSA) is 35.6 Å². The van der Waals surface area contributed by atoms with Crippen LogP contribution < -0.4 is 5.32 Å². The third-order valence-electron chi connectivity index (χ3n) is 2.85. The lowest BCUT2D eigenvalue weighted by molar-refractivity contribution is 0.142. The van der Waals surface area contributed by atoms with E-state index in [1.807, 2.05) is 18.2 Å². The number of likely N-dealkylation sites (N-methyl/N-ethyl adjacent to an activating group) is 1. The first-order valence-electron chi connectivity index (χ1n) is 4.92. The van der Waals surface area contributed by atoms with E-state index in [1.54, 1.807) is 0 Å². The van der Waals surface area contributed by atoms with Crippen molar-refractivity contribution in [3.8, 4) is 0 Å². The van der Waals surface area contributed by atoms with E-state index in [4.69, 9.17) is 0 Å². The Hall–Kier alpha value is -1.09. The Morgan fingerprint density at radius 1 is 1.43 bits per heavy atom. The molecule has 4 nitrogen and oxygen atoms in total. The van der Waals surface area contributed by atoms with E-state index in [0.29, 0.717) is 5.70 Å². The molecule has 2 rings (SSSR count). The summed E-state index contributed by atoms with van der Waals surface area (Å²) < 4.78 is 0. The average Bonchev–Trinajstić information content (AvgIpc) is 2.67. The van der Waals surface area contributed by atoms with Gasteiger partial charge >= 0.3 is 0 Å². The van der Waals surface area contributed by atoms with Gasteiger partial charge in [0, 0.05) is 26.2 Å². The number of hydrogen-bond donors (Lipinski definition) is 1. The number of carbonyl (C=O) groups excluding carboxylic acids is 1. The monoisotopic (exact) mass is 193 g/mol. The molecule has 1 fully saturated rings. The predicted octanol–water partition coefficient (Wildman–Crippen LogP) is -0.565. The molecule has 0 aromatic rings. The van der Waals surface area contributed by atoms with Gasteiger partial charge in [-0.3, -0.25) is 4.90 Å². The van der Waals surface area contributed by atoms with Gasteiger partial charge in [-0.05, 0) is 19.3 Å². The summed E-state index contributed by atoms with van der Waals surface area (Å²) in [6.45, 7) is 4.16. The normalized spacial score (nSPS) is 28.9. The zero-order chi connectivity index (χ0) is 9.97. The number of piperazine rings is 1. The van der Waals surface area contributed by atoms with Crippen molar-refractivity contribution in [2.24, 2.45) is 0 Å². The highest BCUT2D eigenvalue weighted by molar-refractivity contribution is 5.57. The Kier molecular flexibility index (Phi) is 2.68. The van der Waals surface area contributed by atoms with Crippen molar-refractivity contribution in [2.75, 3.05) is 33.2 Å². The Morgan fingerprint density at radius 2 is 2.14 bits per heavy atom. The summed E-state index contributed by atoms with van der Waals surface area (Å²) in [6.07, 6.45) is 3.84. The van der Waals surface area contributed by atoms with Crippen molar-refractivity contribution in [3.05, 3.63) is 18.0 Å². The first-order chi connectivity index (χ1) is 6.81. The minimum atomic E-state index is 0.126. The maximum atomic E-state index is 10.6. The molecule has 0 bridgehead atoms. The molecule has 0 radical (unpaired) electrons. The molecule has 4 heteroatoms. The molecular weight excluding hydrogens is 178 g/mol. The smallest absolute Gasteiger partial charge is 0.147 e. The molecule has 14 heavy (non-hydrogen) atoms. The van der Waals surface area contributed by atoms with Crippen LogP contribution in [-0.4, -0.2) is 55.0 Å². The lowest BCUT2D eigenvalue weighted by atomic mass is 10.2. The van der Waals surface area contributed by atoms with Crippen LogP contribution in [0.4, 0.5) is 0 Å². The summed E-state index contributed by atoms with van der Waals surface area (Å²) >= 11 is 0. The average molecular weight is 193 g/mol. The molecule has 76 valence electrons. The van der Waals surface area contributed by atoms with Crippen LogP contribution in [0, 0.1) is 0 Å². The molecule has 1 unspecified atom stereocenters. The molecule has 2 aliphatic rings. The van der Waals surface area contributed by atoms with Crippen LogP contribution in [0.2, 0.25) is 0 Å². The van der Waals surface area contributed by atoms with Crippen LogP contribution in [0.1, 0.15) is 0 Å². The van der Waals surface area contributed by atoms with Crippen LogP contribution in [-0.2, 0) is 4.79 Å². The number of nitrogens with zero attached hydrogens (tertiary/aromatic N) is 2. The van der Waals surface area contributed by atoms with E-state index in [-0.39, 0.29) is 6.04 Å². The largest absolute Gasteiger partial charge is 0.355 e. The molecule has 0 spiro atoms. The van der Waals surface area contributed by atoms with E-state index in [2.05, 4.69) is 22.2 Å². The summed E-state index contributed by atoms with van der Waals surface area (Å²) in [7, 11) is 2.12. The molecule has 0 aromatic carbocycles. The Labute approximate surface area is 83.9 Å². The van der Waals surface area contributed by atoms with Gasteiger partial charge in [0.05, 0.1) is 6.04 Å². The standard InChI is InChI=1S/C10H15N3O/c1-12-4-6-13(7-5-12)10-2-3-11-9(10)8-14/h2-3,10-11H,4-7H2,1H3. The van der Waals surface area contributed by atoms with Gasteiger partial charge in [0.15, 0.2) is 0 Å². The zero-order valence-corrected chi connectivity index (χ0v) is 8.36. The molecule has 0 aromatic heterocycles. The minimum Gasteiger partial charge on any atom is -0.355 e. The lowest BCUT2D eigenvalue weighted by Crippen LogP contribution is -2.49. The van der Waals surface area contributed by atoms with Gasteiger partial charge in [-0.15, -0.1) is 0 Å². The van der Waals surface area contributed by atoms with Gasteiger partial charge in [-0.1, -0.05) is 0 Å². The third-order valence-corrected chi connectivity index (χ3v) is 2.85. The van der Waals surface area contributed by atoms with Gasteiger partial charge in [0.1, 0.15) is 11.6 Å². The van der Waals surface area contributed by atoms with Crippen LogP contribution in [0.5, 0.6) is 0 Å². The van der Waals surface area contributed by atoms with Gasteiger partial charge in [-0.2, -0.15) is 0 Å². The predicted molar refractivity (Wildman–Crippen MR) is 54.3 cm³/mol. The highest BCUT2D eigenvalue weighted by Gasteiger charge is 2.26. The maximum Gasteiger partial charge on any atom is 0.147 e. The second kappa shape index (κ2) is 3.96. The lowest BCUT2D eigenvalue weighted by Gasteiger charge is -2.35. The van der Waals surface area contributed by atoms with Crippen LogP contribution >= 0.6 is 0 Å². The van der Waals surface area contributed by atoms with E-state index < -0.39 is 0 Å². The molecule has 2 aliphatic heterocycles. The molecule has 2 heterocycles. The number of hydrogen-bond acceptors (Lipinski definition) is 4. The first kappa shape index (κ1) is 9.46. The van der Waals surface area contributed by atoms with Crippen molar-refractivity contribution in [3.63, 3.8) is 0 Å². The Bertz CT molecular complexity index is 286. The fourth-order valence-electron chi connectivity index (χ4n) is 1.90. The second-order valence-corrected chi connectivity index (χ2v) is 3.80. The molecular formula is C10H15N3O. The van der Waals surface area contributed by atoms with Gasteiger partial charge < -0.3 is 10.2 Å². The number of nitrogens with one attached hydrogen (secondary N) is 1. The molecule has 1 saturated heterocycles. The maximum absolute atomic E-state index is 10.6. The fraction of sp³-hybridized carbons (Fsp3) is 0.600. The van der Waals surface area contributed by atoms with Gasteiger partial charge in [0.25, 0.3) is 0 Å². The summed E-state index contributed by atoms with van der Waals surface area (Å²) in [5.74, 6) is 1.96. The Morgan fingerprint density at radius 3 is 2.79 bits per heavy atom. The summed E-state index contributed by atoms with van der Waals surface area (Å²) in [6, 6.07) is 0.126. The van der Waals surface area contributed by atoms with Crippen molar-refractivity contribution >= 4 is 5.94 Å². The van der Waals surface area contributed by atoms with Crippen molar-refractivity contribution in [1.82, 2.24) is 15.1 Å². The van der Waals surface area contributed by atoms with Crippen molar-refractivity contribution < 1.29 is 4.79 Å². The van der Waals surface area contributed by atoms with Crippen LogP contribution in [0.15, 0.2) is 18.0 Å². The molecule has 1 atom stereocenters. The van der Waals surface area contributed by atoms with E-state index in [1.165, 1.54) is 0 Å². The highest BCUT2D eigenvalue weighted by atomic mass is 16.1. The SMILES string of the molecule is CN1CCN(C2C=CNC2=C=O)CC1. The Balaban J connectivity index is 2.01. The second-order valence-electron chi connectivity index (χ2n) is 3.80. The minimum absolute atomic E-state index is 0.126.